The molecule has 0 atom stereocenters. The molecule has 0 saturated carbocycles. The largest absolute Gasteiger partial charge is 0.400 e. The SMILES string of the molecule is CC(=Nc1ccccc1)C(N=Cc1c(C)ccc2ccccc12)=C(C)N. The van der Waals surface area contributed by atoms with Gasteiger partial charge in [0.25, 0.3) is 0 Å². The number of hydrogen-bond acceptors (Lipinski definition) is 3. The lowest BCUT2D eigenvalue weighted by atomic mass is 10.0. The van der Waals surface area contributed by atoms with Crippen LogP contribution in [0.25, 0.3) is 10.8 Å². The molecule has 0 radical (unpaired) electrons. The third-order valence-electron chi connectivity index (χ3n) is 4.28. The van der Waals surface area contributed by atoms with E-state index in [1.807, 2.05) is 62.5 Å². The minimum absolute atomic E-state index is 0.649. The molecule has 26 heavy (non-hydrogen) atoms. The second-order valence-electron chi connectivity index (χ2n) is 6.34. The maximum absolute atomic E-state index is 6.09. The Morgan fingerprint density at radius 3 is 2.31 bits per heavy atom. The van der Waals surface area contributed by atoms with Crippen molar-refractivity contribution in [1.29, 1.82) is 0 Å². The van der Waals surface area contributed by atoms with Gasteiger partial charge in [0, 0.05) is 17.5 Å². The summed E-state index contributed by atoms with van der Waals surface area (Å²) in [5.74, 6) is 0. The highest BCUT2D eigenvalue weighted by Crippen LogP contribution is 2.21. The van der Waals surface area contributed by atoms with Gasteiger partial charge in [0.15, 0.2) is 0 Å². The Morgan fingerprint density at radius 1 is 0.885 bits per heavy atom. The fourth-order valence-electron chi connectivity index (χ4n) is 2.93. The first-order chi connectivity index (χ1) is 12.6. The van der Waals surface area contributed by atoms with Gasteiger partial charge in [0.05, 0.1) is 11.4 Å². The fourth-order valence-corrected chi connectivity index (χ4v) is 2.93. The molecule has 3 nitrogen and oxygen atoms in total. The van der Waals surface area contributed by atoms with Gasteiger partial charge in [-0.1, -0.05) is 54.6 Å². The zero-order valence-corrected chi connectivity index (χ0v) is 15.4. The molecule has 0 aromatic heterocycles. The fraction of sp³-hybridized carbons (Fsp3) is 0.130. The second kappa shape index (κ2) is 7.79. The highest BCUT2D eigenvalue weighted by molar-refractivity contribution is 6.05. The summed E-state index contributed by atoms with van der Waals surface area (Å²) in [6.45, 7) is 5.88. The summed E-state index contributed by atoms with van der Waals surface area (Å²) in [6, 6.07) is 22.4. The van der Waals surface area contributed by atoms with Crippen LogP contribution in [0.2, 0.25) is 0 Å². The molecule has 130 valence electrons. The minimum Gasteiger partial charge on any atom is -0.400 e. The molecule has 0 aliphatic carbocycles. The van der Waals surface area contributed by atoms with Gasteiger partial charge in [-0.2, -0.15) is 0 Å². The smallest absolute Gasteiger partial charge is 0.103 e. The Morgan fingerprint density at radius 2 is 1.58 bits per heavy atom. The quantitative estimate of drug-likeness (QED) is 0.621. The summed E-state index contributed by atoms with van der Waals surface area (Å²) in [7, 11) is 0. The van der Waals surface area contributed by atoms with E-state index in [1.54, 1.807) is 0 Å². The summed E-state index contributed by atoms with van der Waals surface area (Å²) in [6.07, 6.45) is 1.90. The lowest BCUT2D eigenvalue weighted by Crippen LogP contribution is -2.05. The van der Waals surface area contributed by atoms with Crippen molar-refractivity contribution in [3.8, 4) is 0 Å². The summed E-state index contributed by atoms with van der Waals surface area (Å²) < 4.78 is 0. The topological polar surface area (TPSA) is 50.7 Å². The van der Waals surface area contributed by atoms with Crippen LogP contribution in [0.15, 0.2) is 88.1 Å². The maximum Gasteiger partial charge on any atom is 0.103 e. The van der Waals surface area contributed by atoms with E-state index in [1.165, 1.54) is 16.3 Å². The van der Waals surface area contributed by atoms with Crippen molar-refractivity contribution in [1.82, 2.24) is 0 Å². The predicted molar refractivity (Wildman–Crippen MR) is 112 cm³/mol. The number of benzene rings is 3. The average molecular weight is 341 g/mol. The standard InChI is InChI=1S/C23H23N3/c1-16-13-14-19-9-7-8-12-21(19)22(16)15-25-23(17(2)24)18(3)26-20-10-5-4-6-11-20/h4-15H,24H2,1-3H3. The number of fused-ring (bicyclic) bond motifs is 1. The van der Waals surface area contributed by atoms with Crippen molar-refractivity contribution in [2.24, 2.45) is 15.7 Å². The Bertz CT molecular complexity index is 1010. The van der Waals surface area contributed by atoms with Crippen molar-refractivity contribution in [2.75, 3.05) is 0 Å². The monoisotopic (exact) mass is 341 g/mol. The first-order valence-corrected chi connectivity index (χ1v) is 8.66. The maximum atomic E-state index is 6.09. The third kappa shape index (κ3) is 3.89. The first-order valence-electron chi connectivity index (χ1n) is 8.66. The minimum atomic E-state index is 0.649. The zero-order valence-electron chi connectivity index (χ0n) is 15.4. The summed E-state index contributed by atoms with van der Waals surface area (Å²) in [5.41, 5.74) is 11.4. The highest BCUT2D eigenvalue weighted by Gasteiger charge is 2.06. The predicted octanol–water partition coefficient (Wildman–Crippen LogP) is 5.55. The van der Waals surface area contributed by atoms with Gasteiger partial charge >= 0.3 is 0 Å². The van der Waals surface area contributed by atoms with Gasteiger partial charge in [0.1, 0.15) is 5.70 Å². The van der Waals surface area contributed by atoms with Crippen LogP contribution >= 0.6 is 0 Å². The van der Waals surface area contributed by atoms with Gasteiger partial charge in [-0.15, -0.1) is 0 Å². The first kappa shape index (κ1) is 17.6. The molecule has 0 aliphatic heterocycles. The van der Waals surface area contributed by atoms with E-state index in [4.69, 9.17) is 10.7 Å². The molecule has 0 aliphatic rings. The Hall–Kier alpha value is -3.20. The number of hydrogen-bond donors (Lipinski definition) is 1. The molecule has 3 aromatic rings. The number of aliphatic imine (C=N–C) groups is 2. The van der Waals surface area contributed by atoms with E-state index < -0.39 is 0 Å². The molecule has 3 aromatic carbocycles. The van der Waals surface area contributed by atoms with Crippen LogP contribution in [-0.4, -0.2) is 11.9 Å². The molecule has 0 spiro atoms. The Balaban J connectivity index is 2.01. The van der Waals surface area contributed by atoms with Crippen molar-refractivity contribution >= 4 is 28.4 Å². The van der Waals surface area contributed by atoms with Gasteiger partial charge in [-0.25, -0.2) is 0 Å². The molecule has 0 unspecified atom stereocenters. The number of aryl methyl sites for hydroxylation is 1. The van der Waals surface area contributed by atoms with Crippen LogP contribution in [0.4, 0.5) is 5.69 Å². The molecule has 0 fully saturated rings. The van der Waals surface area contributed by atoms with E-state index >= 15 is 0 Å². The van der Waals surface area contributed by atoms with Crippen LogP contribution in [-0.2, 0) is 0 Å². The molecule has 0 bridgehead atoms. The van der Waals surface area contributed by atoms with Crippen molar-refractivity contribution < 1.29 is 0 Å². The van der Waals surface area contributed by atoms with E-state index in [0.717, 1.165) is 17.0 Å². The van der Waals surface area contributed by atoms with E-state index in [9.17, 15) is 0 Å². The molecular formula is C23H23N3. The van der Waals surface area contributed by atoms with Crippen molar-refractivity contribution in [2.45, 2.75) is 20.8 Å². The van der Waals surface area contributed by atoms with Gasteiger partial charge in [-0.3, -0.25) is 9.98 Å². The lowest BCUT2D eigenvalue weighted by molar-refractivity contribution is 1.22. The van der Waals surface area contributed by atoms with E-state index in [2.05, 4.69) is 36.2 Å². The van der Waals surface area contributed by atoms with Crippen LogP contribution in [0.5, 0.6) is 0 Å². The number of para-hydroxylation sites is 1. The van der Waals surface area contributed by atoms with Crippen LogP contribution < -0.4 is 5.73 Å². The zero-order chi connectivity index (χ0) is 18.5. The van der Waals surface area contributed by atoms with Gasteiger partial charge in [0.2, 0.25) is 0 Å². The second-order valence-corrected chi connectivity index (χ2v) is 6.34. The highest BCUT2D eigenvalue weighted by atomic mass is 14.8. The average Bonchev–Trinajstić information content (AvgIpc) is 2.64. The van der Waals surface area contributed by atoms with Crippen LogP contribution in [0.3, 0.4) is 0 Å². The number of rotatable bonds is 4. The molecule has 0 saturated heterocycles. The normalized spacial score (nSPS) is 13.3. The Kier molecular flexibility index (Phi) is 5.28. The molecule has 2 N–H and O–H groups in total. The number of allylic oxidation sites excluding steroid dienone is 2. The van der Waals surface area contributed by atoms with Crippen LogP contribution in [0.1, 0.15) is 25.0 Å². The van der Waals surface area contributed by atoms with Crippen molar-refractivity contribution in [3.63, 3.8) is 0 Å². The number of nitrogens with zero attached hydrogens (tertiary/aromatic N) is 2. The van der Waals surface area contributed by atoms with Gasteiger partial charge < -0.3 is 5.73 Å². The van der Waals surface area contributed by atoms with Crippen LogP contribution in [0, 0.1) is 6.92 Å². The summed E-state index contributed by atoms with van der Waals surface area (Å²) in [4.78, 5) is 9.34. The van der Waals surface area contributed by atoms with Crippen molar-refractivity contribution in [3.05, 3.63) is 89.3 Å². The molecule has 3 heteroatoms. The van der Waals surface area contributed by atoms with E-state index in [-0.39, 0.29) is 0 Å². The van der Waals surface area contributed by atoms with Gasteiger partial charge in [-0.05, 0) is 49.2 Å². The molecular weight excluding hydrogens is 318 g/mol. The number of nitrogens with two attached hydrogens (primary N) is 1. The van der Waals surface area contributed by atoms with E-state index in [0.29, 0.717) is 11.4 Å². The Labute approximate surface area is 154 Å². The molecule has 3 rings (SSSR count). The summed E-state index contributed by atoms with van der Waals surface area (Å²) in [5, 5.41) is 2.38. The molecule has 0 amide bonds. The molecule has 0 heterocycles. The third-order valence-corrected chi connectivity index (χ3v) is 4.28. The lowest BCUT2D eigenvalue weighted by Gasteiger charge is -2.08. The summed E-state index contributed by atoms with van der Waals surface area (Å²) >= 11 is 0.